The Labute approximate surface area is 134 Å². The smallest absolute Gasteiger partial charge is 0.269 e. The van der Waals surface area contributed by atoms with Gasteiger partial charge in [0.2, 0.25) is 11.6 Å². The summed E-state index contributed by atoms with van der Waals surface area (Å²) < 4.78 is 13.6. The zero-order valence-corrected chi connectivity index (χ0v) is 12.6. The fourth-order valence-electron chi connectivity index (χ4n) is 2.06. The fraction of sp³-hybridized carbons (Fsp3) is 0.133. The summed E-state index contributed by atoms with van der Waals surface area (Å²) in [4.78, 5) is 25.3. The van der Waals surface area contributed by atoms with Crippen LogP contribution in [0.15, 0.2) is 36.4 Å². The molecule has 2 aromatic heterocycles. The highest BCUT2D eigenvalue weighted by atomic mass is 32.1. The van der Waals surface area contributed by atoms with Crippen LogP contribution in [0.3, 0.4) is 0 Å². The number of halogens is 1. The molecular weight excluding hydrogens is 319 g/mol. The highest BCUT2D eigenvalue weighted by Gasteiger charge is 2.21. The van der Waals surface area contributed by atoms with E-state index in [0.29, 0.717) is 12.0 Å². The number of H-pyrrole nitrogens is 1. The standard InChI is InChI=1S/C15H11FN4O2S/c16-12-4-2-1-3-9(12)7-10-5-6-11(23-10)8-13(21)14(22)15-17-19-20-18-15/h1-6H,7-8H2,(H,17,18,19,20). The molecule has 0 saturated carbocycles. The zero-order valence-electron chi connectivity index (χ0n) is 11.8. The number of aromatic amines is 1. The van der Waals surface area contributed by atoms with Gasteiger partial charge in [-0.25, -0.2) is 4.39 Å². The Kier molecular flexibility index (Phi) is 4.33. The van der Waals surface area contributed by atoms with E-state index in [2.05, 4.69) is 20.6 Å². The third-order valence-electron chi connectivity index (χ3n) is 3.18. The lowest BCUT2D eigenvalue weighted by Gasteiger charge is -2.00. The highest BCUT2D eigenvalue weighted by molar-refractivity contribution is 7.12. The zero-order chi connectivity index (χ0) is 16.2. The topological polar surface area (TPSA) is 88.6 Å². The summed E-state index contributed by atoms with van der Waals surface area (Å²) in [6.45, 7) is 0. The largest absolute Gasteiger partial charge is 0.290 e. The van der Waals surface area contributed by atoms with Crippen molar-refractivity contribution in [3.05, 3.63) is 63.4 Å². The first-order valence-electron chi connectivity index (χ1n) is 6.75. The van der Waals surface area contributed by atoms with E-state index in [-0.39, 0.29) is 18.1 Å². The number of nitrogens with one attached hydrogen (secondary N) is 1. The van der Waals surface area contributed by atoms with Crippen LogP contribution < -0.4 is 0 Å². The summed E-state index contributed by atoms with van der Waals surface area (Å²) in [5, 5.41) is 12.4. The maximum Gasteiger partial charge on any atom is 0.269 e. The van der Waals surface area contributed by atoms with Gasteiger partial charge in [0.25, 0.3) is 5.78 Å². The van der Waals surface area contributed by atoms with Crippen LogP contribution in [-0.2, 0) is 17.6 Å². The van der Waals surface area contributed by atoms with Gasteiger partial charge in [-0.1, -0.05) is 18.2 Å². The van der Waals surface area contributed by atoms with E-state index in [9.17, 15) is 14.0 Å². The molecular formula is C15H11FN4O2S. The van der Waals surface area contributed by atoms with Crippen molar-refractivity contribution in [1.29, 1.82) is 0 Å². The maximum absolute atomic E-state index is 13.6. The van der Waals surface area contributed by atoms with Crippen molar-refractivity contribution in [2.24, 2.45) is 0 Å². The SMILES string of the molecule is O=C(Cc1ccc(Cc2ccccc2F)s1)C(=O)c1nn[nH]n1. The lowest BCUT2D eigenvalue weighted by atomic mass is 10.1. The number of tetrazole rings is 1. The predicted octanol–water partition coefficient (Wildman–Crippen LogP) is 1.99. The van der Waals surface area contributed by atoms with Crippen molar-refractivity contribution in [2.75, 3.05) is 0 Å². The van der Waals surface area contributed by atoms with Gasteiger partial charge < -0.3 is 0 Å². The predicted molar refractivity (Wildman–Crippen MR) is 80.7 cm³/mol. The van der Waals surface area contributed by atoms with E-state index in [1.807, 2.05) is 6.07 Å². The lowest BCUT2D eigenvalue weighted by molar-refractivity contribution is -0.114. The van der Waals surface area contributed by atoms with E-state index < -0.39 is 11.6 Å². The molecule has 0 aliphatic carbocycles. The van der Waals surface area contributed by atoms with Crippen molar-refractivity contribution in [3.8, 4) is 0 Å². The van der Waals surface area contributed by atoms with Crippen LogP contribution in [-0.4, -0.2) is 32.2 Å². The number of thiophene rings is 1. The minimum absolute atomic E-state index is 0.0324. The molecule has 2 heterocycles. The summed E-state index contributed by atoms with van der Waals surface area (Å²) in [5.74, 6) is -1.88. The average Bonchev–Trinajstić information content (AvgIpc) is 3.21. The Bertz CT molecular complexity index is 845. The molecule has 0 unspecified atom stereocenters. The Morgan fingerprint density at radius 2 is 1.91 bits per heavy atom. The van der Waals surface area contributed by atoms with Gasteiger partial charge in [-0.15, -0.1) is 21.5 Å². The van der Waals surface area contributed by atoms with Crippen molar-refractivity contribution in [1.82, 2.24) is 20.6 Å². The van der Waals surface area contributed by atoms with Crippen LogP contribution >= 0.6 is 11.3 Å². The Balaban J connectivity index is 1.67. The maximum atomic E-state index is 13.6. The number of rotatable bonds is 6. The third-order valence-corrected chi connectivity index (χ3v) is 4.26. The minimum Gasteiger partial charge on any atom is -0.290 e. The molecule has 0 fully saturated rings. The molecule has 1 aromatic carbocycles. The quantitative estimate of drug-likeness (QED) is 0.551. The molecule has 0 atom stereocenters. The van der Waals surface area contributed by atoms with Crippen molar-refractivity contribution < 1.29 is 14.0 Å². The molecule has 0 radical (unpaired) electrons. The Morgan fingerprint density at radius 3 is 2.65 bits per heavy atom. The monoisotopic (exact) mass is 330 g/mol. The first-order valence-corrected chi connectivity index (χ1v) is 7.57. The number of Topliss-reactive ketones (excluding diaryl/α,β-unsaturated/α-hetero) is 2. The van der Waals surface area contributed by atoms with Gasteiger partial charge in [0, 0.05) is 22.6 Å². The van der Waals surface area contributed by atoms with E-state index in [4.69, 9.17) is 0 Å². The molecule has 3 rings (SSSR count). The molecule has 0 bridgehead atoms. The van der Waals surface area contributed by atoms with Gasteiger partial charge in [-0.3, -0.25) is 9.59 Å². The molecule has 0 aliphatic rings. The van der Waals surface area contributed by atoms with E-state index in [1.54, 1.807) is 24.3 Å². The van der Waals surface area contributed by atoms with Crippen LogP contribution in [0.25, 0.3) is 0 Å². The van der Waals surface area contributed by atoms with Gasteiger partial charge in [-0.2, -0.15) is 5.21 Å². The minimum atomic E-state index is -0.775. The fourth-order valence-corrected chi connectivity index (χ4v) is 3.10. The summed E-state index contributed by atoms with van der Waals surface area (Å²) in [7, 11) is 0. The molecule has 6 nitrogen and oxygen atoms in total. The van der Waals surface area contributed by atoms with Gasteiger partial charge in [0.15, 0.2) is 0 Å². The number of hydrogen-bond donors (Lipinski definition) is 1. The number of hydrogen-bond acceptors (Lipinski definition) is 6. The first kappa shape index (κ1) is 15.2. The number of ketones is 2. The van der Waals surface area contributed by atoms with Gasteiger partial charge in [-0.05, 0) is 29.0 Å². The van der Waals surface area contributed by atoms with Crippen LogP contribution in [0, 0.1) is 5.82 Å². The molecule has 8 heteroatoms. The van der Waals surface area contributed by atoms with Gasteiger partial charge >= 0.3 is 0 Å². The summed E-state index contributed by atoms with van der Waals surface area (Å²) >= 11 is 1.38. The second-order valence-corrected chi connectivity index (χ2v) is 6.05. The second-order valence-electron chi connectivity index (χ2n) is 4.80. The Morgan fingerprint density at radius 1 is 1.13 bits per heavy atom. The molecule has 3 aromatic rings. The molecule has 23 heavy (non-hydrogen) atoms. The van der Waals surface area contributed by atoms with Crippen LogP contribution in [0.2, 0.25) is 0 Å². The number of aromatic nitrogens is 4. The highest BCUT2D eigenvalue weighted by Crippen LogP contribution is 2.22. The molecule has 0 amide bonds. The molecule has 116 valence electrons. The summed E-state index contributed by atoms with van der Waals surface area (Å²) in [6.07, 6.45) is 0.416. The number of carbonyl (C=O) groups is 2. The van der Waals surface area contributed by atoms with Crippen molar-refractivity contribution in [2.45, 2.75) is 12.8 Å². The van der Waals surface area contributed by atoms with Crippen LogP contribution in [0.5, 0.6) is 0 Å². The lowest BCUT2D eigenvalue weighted by Crippen LogP contribution is -2.17. The molecule has 1 N–H and O–H groups in total. The number of nitrogens with zero attached hydrogens (tertiary/aromatic N) is 3. The van der Waals surface area contributed by atoms with Gasteiger partial charge in [0.1, 0.15) is 5.82 Å². The van der Waals surface area contributed by atoms with Crippen molar-refractivity contribution in [3.63, 3.8) is 0 Å². The van der Waals surface area contributed by atoms with E-state index >= 15 is 0 Å². The summed E-state index contributed by atoms with van der Waals surface area (Å²) in [6, 6.07) is 10.2. The van der Waals surface area contributed by atoms with E-state index in [1.165, 1.54) is 17.4 Å². The van der Waals surface area contributed by atoms with Gasteiger partial charge in [0.05, 0.1) is 0 Å². The summed E-state index contributed by atoms with van der Waals surface area (Å²) in [5.41, 5.74) is 0.593. The number of benzene rings is 1. The number of carbonyl (C=O) groups excluding carboxylic acids is 2. The third kappa shape index (κ3) is 3.54. The van der Waals surface area contributed by atoms with Crippen LogP contribution in [0.4, 0.5) is 4.39 Å². The second kappa shape index (κ2) is 6.57. The Hall–Kier alpha value is -2.74. The van der Waals surface area contributed by atoms with Crippen LogP contribution in [0.1, 0.15) is 25.9 Å². The first-order chi connectivity index (χ1) is 11.1. The molecule has 0 saturated heterocycles. The molecule has 0 aliphatic heterocycles. The van der Waals surface area contributed by atoms with Crippen molar-refractivity contribution >= 4 is 22.9 Å². The average molecular weight is 330 g/mol. The molecule has 0 spiro atoms. The normalized spacial score (nSPS) is 10.7. The van der Waals surface area contributed by atoms with E-state index in [0.717, 1.165) is 9.75 Å².